The lowest BCUT2D eigenvalue weighted by Gasteiger charge is -2.06. The van der Waals surface area contributed by atoms with Gasteiger partial charge >= 0.3 is 5.97 Å². The first-order valence-corrected chi connectivity index (χ1v) is 5.88. The second-order valence-electron chi connectivity index (χ2n) is 3.74. The number of methoxy groups -OCH3 is 1. The SMILES string of the molecule is COC(=O)c1nc(N)sc1C1CCCC1. The predicted molar refractivity (Wildman–Crippen MR) is 59.1 cm³/mol. The third-order valence-corrected chi connectivity index (χ3v) is 3.82. The molecule has 0 saturated heterocycles. The van der Waals surface area contributed by atoms with Crippen LogP contribution in [0, 0.1) is 0 Å². The minimum atomic E-state index is -0.371. The van der Waals surface area contributed by atoms with Crippen LogP contribution in [0.5, 0.6) is 0 Å². The molecule has 2 N–H and O–H groups in total. The van der Waals surface area contributed by atoms with Crippen molar-refractivity contribution in [1.29, 1.82) is 0 Å². The van der Waals surface area contributed by atoms with Crippen molar-refractivity contribution >= 4 is 22.4 Å². The van der Waals surface area contributed by atoms with Crippen LogP contribution in [-0.4, -0.2) is 18.1 Å². The van der Waals surface area contributed by atoms with Gasteiger partial charge in [-0.3, -0.25) is 0 Å². The molecule has 15 heavy (non-hydrogen) atoms. The van der Waals surface area contributed by atoms with Gasteiger partial charge in [0.05, 0.1) is 7.11 Å². The molecule has 0 bridgehead atoms. The fourth-order valence-corrected chi connectivity index (χ4v) is 3.05. The molecule has 2 rings (SSSR count). The van der Waals surface area contributed by atoms with E-state index >= 15 is 0 Å². The van der Waals surface area contributed by atoms with Gasteiger partial charge < -0.3 is 10.5 Å². The first-order chi connectivity index (χ1) is 7.22. The molecule has 0 atom stereocenters. The van der Waals surface area contributed by atoms with Crippen LogP contribution in [0.2, 0.25) is 0 Å². The van der Waals surface area contributed by atoms with Gasteiger partial charge in [0.1, 0.15) is 0 Å². The summed E-state index contributed by atoms with van der Waals surface area (Å²) < 4.78 is 4.70. The molecule has 0 spiro atoms. The van der Waals surface area contributed by atoms with E-state index in [0.717, 1.165) is 17.7 Å². The van der Waals surface area contributed by atoms with Crippen LogP contribution in [0.3, 0.4) is 0 Å². The maximum absolute atomic E-state index is 11.5. The van der Waals surface area contributed by atoms with E-state index in [1.165, 1.54) is 31.3 Å². The lowest BCUT2D eigenvalue weighted by molar-refractivity contribution is 0.0593. The summed E-state index contributed by atoms with van der Waals surface area (Å²) >= 11 is 1.42. The summed E-state index contributed by atoms with van der Waals surface area (Å²) in [6.07, 6.45) is 4.71. The molecule has 1 aliphatic rings. The fourth-order valence-electron chi connectivity index (χ4n) is 2.06. The lowest BCUT2D eigenvalue weighted by Crippen LogP contribution is -2.06. The number of carbonyl (C=O) groups is 1. The molecule has 82 valence electrons. The molecule has 1 aromatic heterocycles. The molecule has 5 heteroatoms. The van der Waals surface area contributed by atoms with E-state index in [4.69, 9.17) is 10.5 Å². The van der Waals surface area contributed by atoms with E-state index in [-0.39, 0.29) is 5.97 Å². The first kappa shape index (κ1) is 10.4. The molecule has 0 aliphatic heterocycles. The summed E-state index contributed by atoms with van der Waals surface area (Å²) in [5.41, 5.74) is 6.06. The van der Waals surface area contributed by atoms with Crippen LogP contribution < -0.4 is 5.73 Å². The highest BCUT2D eigenvalue weighted by molar-refractivity contribution is 7.15. The molecule has 4 nitrogen and oxygen atoms in total. The van der Waals surface area contributed by atoms with Gasteiger partial charge in [-0.15, -0.1) is 11.3 Å². The number of anilines is 1. The van der Waals surface area contributed by atoms with Gasteiger partial charge in [0, 0.05) is 4.88 Å². The van der Waals surface area contributed by atoms with Crippen LogP contribution in [0.25, 0.3) is 0 Å². The van der Waals surface area contributed by atoms with Gasteiger partial charge in [-0.2, -0.15) is 0 Å². The van der Waals surface area contributed by atoms with E-state index in [0.29, 0.717) is 16.7 Å². The predicted octanol–water partition coefficient (Wildman–Crippen LogP) is 2.17. The number of aromatic nitrogens is 1. The van der Waals surface area contributed by atoms with Crippen LogP contribution in [0.15, 0.2) is 0 Å². The minimum Gasteiger partial charge on any atom is -0.464 e. The highest BCUT2D eigenvalue weighted by Crippen LogP contribution is 2.39. The average molecular weight is 226 g/mol. The Labute approximate surface area is 92.5 Å². The normalized spacial score (nSPS) is 16.9. The Bertz CT molecular complexity index is 369. The Morgan fingerprint density at radius 1 is 1.53 bits per heavy atom. The summed E-state index contributed by atoms with van der Waals surface area (Å²) in [7, 11) is 1.37. The van der Waals surface area contributed by atoms with Gasteiger partial charge in [-0.05, 0) is 18.8 Å². The number of hydrogen-bond acceptors (Lipinski definition) is 5. The van der Waals surface area contributed by atoms with Crippen molar-refractivity contribution in [2.45, 2.75) is 31.6 Å². The van der Waals surface area contributed by atoms with E-state index in [9.17, 15) is 4.79 Å². The molecule has 1 aromatic rings. The van der Waals surface area contributed by atoms with Crippen LogP contribution >= 0.6 is 11.3 Å². The second-order valence-corrected chi connectivity index (χ2v) is 4.80. The molecule has 0 aromatic carbocycles. The highest BCUT2D eigenvalue weighted by atomic mass is 32.1. The Morgan fingerprint density at radius 3 is 2.80 bits per heavy atom. The van der Waals surface area contributed by atoms with Crippen molar-refractivity contribution in [3.63, 3.8) is 0 Å². The number of nitrogens with two attached hydrogens (primary N) is 1. The largest absolute Gasteiger partial charge is 0.464 e. The van der Waals surface area contributed by atoms with Gasteiger partial charge in [0.2, 0.25) is 0 Å². The molecule has 1 saturated carbocycles. The van der Waals surface area contributed by atoms with Gasteiger partial charge in [-0.25, -0.2) is 9.78 Å². The number of ether oxygens (including phenoxy) is 1. The highest BCUT2D eigenvalue weighted by Gasteiger charge is 2.26. The summed E-state index contributed by atoms with van der Waals surface area (Å²) in [5.74, 6) is 0.0822. The third kappa shape index (κ3) is 1.97. The van der Waals surface area contributed by atoms with Crippen LogP contribution in [0.1, 0.15) is 47.0 Å². The molecule has 1 aliphatic carbocycles. The fraction of sp³-hybridized carbons (Fsp3) is 0.600. The minimum absolute atomic E-state index is 0.371. The summed E-state index contributed by atoms with van der Waals surface area (Å²) in [6.45, 7) is 0. The Morgan fingerprint density at radius 2 is 2.20 bits per heavy atom. The van der Waals surface area contributed by atoms with E-state index in [1.54, 1.807) is 0 Å². The number of esters is 1. The summed E-state index contributed by atoms with van der Waals surface area (Å²) in [6, 6.07) is 0. The molecule has 1 fully saturated rings. The second kappa shape index (κ2) is 4.18. The van der Waals surface area contributed by atoms with Crippen molar-refractivity contribution in [1.82, 2.24) is 4.98 Å². The zero-order chi connectivity index (χ0) is 10.8. The maximum atomic E-state index is 11.5. The van der Waals surface area contributed by atoms with Gasteiger partial charge in [0.15, 0.2) is 10.8 Å². The average Bonchev–Trinajstić information content (AvgIpc) is 2.84. The zero-order valence-electron chi connectivity index (χ0n) is 8.66. The molecule has 0 amide bonds. The van der Waals surface area contributed by atoms with Crippen molar-refractivity contribution < 1.29 is 9.53 Å². The quantitative estimate of drug-likeness (QED) is 0.785. The lowest BCUT2D eigenvalue weighted by atomic mass is 10.1. The number of nitrogen functional groups attached to an aromatic ring is 1. The third-order valence-electron chi connectivity index (χ3n) is 2.77. The molecule has 1 heterocycles. The molecular weight excluding hydrogens is 212 g/mol. The molecule has 0 unspecified atom stereocenters. The van der Waals surface area contributed by atoms with Crippen molar-refractivity contribution in [3.8, 4) is 0 Å². The number of rotatable bonds is 2. The number of carbonyl (C=O) groups excluding carboxylic acids is 1. The molecule has 0 radical (unpaired) electrons. The zero-order valence-corrected chi connectivity index (χ0v) is 9.47. The number of hydrogen-bond donors (Lipinski definition) is 1. The Balaban J connectivity index is 2.32. The Kier molecular flexibility index (Phi) is 2.90. The summed E-state index contributed by atoms with van der Waals surface area (Å²) in [5, 5.41) is 0.456. The Hall–Kier alpha value is -1.10. The van der Waals surface area contributed by atoms with Crippen LogP contribution in [-0.2, 0) is 4.74 Å². The maximum Gasteiger partial charge on any atom is 0.357 e. The standard InChI is InChI=1S/C10H14N2O2S/c1-14-9(13)7-8(15-10(11)12-7)6-4-2-3-5-6/h6H,2-5H2,1H3,(H2,11,12). The number of thiazole rings is 1. The topological polar surface area (TPSA) is 65.2 Å². The van der Waals surface area contributed by atoms with E-state index in [2.05, 4.69) is 4.98 Å². The van der Waals surface area contributed by atoms with E-state index in [1.807, 2.05) is 0 Å². The summed E-state index contributed by atoms with van der Waals surface area (Å²) in [4.78, 5) is 16.5. The molecular formula is C10H14N2O2S. The number of nitrogens with zero attached hydrogens (tertiary/aromatic N) is 1. The van der Waals surface area contributed by atoms with Gasteiger partial charge in [0.25, 0.3) is 0 Å². The van der Waals surface area contributed by atoms with Crippen LogP contribution in [0.4, 0.5) is 5.13 Å². The van der Waals surface area contributed by atoms with E-state index < -0.39 is 0 Å². The van der Waals surface area contributed by atoms with Crippen molar-refractivity contribution in [3.05, 3.63) is 10.6 Å². The van der Waals surface area contributed by atoms with Crippen molar-refractivity contribution in [2.24, 2.45) is 0 Å². The van der Waals surface area contributed by atoms with Crippen molar-refractivity contribution in [2.75, 3.05) is 12.8 Å². The first-order valence-electron chi connectivity index (χ1n) is 5.07. The monoisotopic (exact) mass is 226 g/mol. The smallest absolute Gasteiger partial charge is 0.357 e. The van der Waals surface area contributed by atoms with Gasteiger partial charge in [-0.1, -0.05) is 12.8 Å².